The normalized spacial score (nSPS) is 13.3. The highest BCUT2D eigenvalue weighted by atomic mass is 32.1. The molecule has 0 spiro atoms. The van der Waals surface area contributed by atoms with Gasteiger partial charge in [-0.25, -0.2) is 14.4 Å². The molecule has 1 aliphatic rings. The summed E-state index contributed by atoms with van der Waals surface area (Å²) in [6.45, 7) is 4.16. The molecule has 34 heavy (non-hydrogen) atoms. The highest BCUT2D eigenvalue weighted by Gasteiger charge is 2.26. The van der Waals surface area contributed by atoms with E-state index < -0.39 is 11.7 Å². The van der Waals surface area contributed by atoms with E-state index in [-0.39, 0.29) is 11.5 Å². The second kappa shape index (κ2) is 8.83. The highest BCUT2D eigenvalue weighted by Crippen LogP contribution is 2.31. The summed E-state index contributed by atoms with van der Waals surface area (Å²) in [6.07, 6.45) is 1.82. The number of benzene rings is 3. The highest BCUT2D eigenvalue weighted by molar-refractivity contribution is 7.11. The summed E-state index contributed by atoms with van der Waals surface area (Å²) in [5, 5.41) is 12.1. The second-order valence-corrected chi connectivity index (χ2v) is 8.96. The van der Waals surface area contributed by atoms with Gasteiger partial charge in [-0.3, -0.25) is 9.36 Å². The van der Waals surface area contributed by atoms with Crippen LogP contribution in [0, 0.1) is 5.82 Å². The molecule has 0 fully saturated rings. The molecule has 0 radical (unpaired) electrons. The number of thiazole rings is 1. The van der Waals surface area contributed by atoms with Gasteiger partial charge in [0, 0.05) is 5.22 Å². The maximum Gasteiger partial charge on any atom is 0.279 e. The third-order valence-electron chi connectivity index (χ3n) is 5.86. The van der Waals surface area contributed by atoms with Crippen LogP contribution < -0.4 is 15.4 Å². The molecule has 0 aliphatic carbocycles. The Bertz CT molecular complexity index is 1600. The maximum absolute atomic E-state index is 14.0. The van der Waals surface area contributed by atoms with Crippen molar-refractivity contribution in [3.8, 4) is 11.6 Å². The average molecular weight is 472 g/mol. The predicted molar refractivity (Wildman–Crippen MR) is 130 cm³/mol. The Balaban J connectivity index is 1.78. The van der Waals surface area contributed by atoms with Crippen molar-refractivity contribution in [3.05, 3.63) is 104 Å². The molecule has 2 heterocycles. The molecule has 1 aromatic heterocycles. The number of aromatic nitrogens is 1. The van der Waals surface area contributed by atoms with Crippen molar-refractivity contribution >= 4 is 28.5 Å². The molecule has 7 heteroatoms. The Kier molecular flexibility index (Phi) is 5.71. The largest absolute Gasteiger partial charge is 0.493 e. The van der Waals surface area contributed by atoms with E-state index in [1.54, 1.807) is 4.57 Å². The van der Waals surface area contributed by atoms with Gasteiger partial charge in [0.1, 0.15) is 10.7 Å². The fraction of sp³-hybridized carbons (Fsp3) is 0.148. The summed E-state index contributed by atoms with van der Waals surface area (Å²) in [5.41, 5.74) is 3.98. The summed E-state index contributed by atoms with van der Waals surface area (Å²) >= 11 is 1.17. The molecular formula is C27H22FN3O2S. The van der Waals surface area contributed by atoms with Crippen LogP contribution in [0.25, 0.3) is 11.3 Å². The fourth-order valence-corrected chi connectivity index (χ4v) is 5.05. The molecule has 170 valence electrons. The molecule has 0 atom stereocenters. The number of fused-ring (bicyclic) bond motifs is 1. The first-order chi connectivity index (χ1) is 16.5. The molecule has 4 aromatic rings. The summed E-state index contributed by atoms with van der Waals surface area (Å²) in [4.78, 5) is 22.4. The summed E-state index contributed by atoms with van der Waals surface area (Å²) in [5.74, 6) is -1.11. The minimum Gasteiger partial charge on any atom is -0.493 e. The average Bonchev–Trinajstić information content (AvgIpc) is 3.34. The lowest BCUT2D eigenvalue weighted by Crippen LogP contribution is -2.23. The lowest BCUT2D eigenvalue weighted by atomic mass is 10.1. The molecule has 5 rings (SSSR count). The molecule has 1 N–H and O–H groups in total. The first-order valence-corrected chi connectivity index (χ1v) is 11.9. The van der Waals surface area contributed by atoms with Crippen molar-refractivity contribution in [3.63, 3.8) is 0 Å². The number of hydrogen-bond acceptors (Lipinski definition) is 4. The van der Waals surface area contributed by atoms with E-state index in [9.17, 15) is 14.3 Å². The van der Waals surface area contributed by atoms with E-state index in [2.05, 4.69) is 18.8 Å². The van der Waals surface area contributed by atoms with E-state index in [1.807, 2.05) is 48.5 Å². The molecule has 0 saturated heterocycles. The van der Waals surface area contributed by atoms with E-state index >= 15 is 0 Å². The van der Waals surface area contributed by atoms with Crippen molar-refractivity contribution in [2.24, 2.45) is 9.98 Å². The van der Waals surface area contributed by atoms with Crippen LogP contribution in [-0.4, -0.2) is 15.6 Å². The van der Waals surface area contributed by atoms with Gasteiger partial charge < -0.3 is 5.11 Å². The number of rotatable bonds is 5. The summed E-state index contributed by atoms with van der Waals surface area (Å²) in [7, 11) is 0. The molecule has 1 amide bonds. The smallest absolute Gasteiger partial charge is 0.279 e. The van der Waals surface area contributed by atoms with Crippen LogP contribution in [0.1, 0.15) is 29.9 Å². The summed E-state index contributed by atoms with van der Waals surface area (Å²) < 4.78 is 15.6. The first kappa shape index (κ1) is 22.0. The number of aromatic hydroxyl groups is 1. The Labute approximate surface area is 199 Å². The number of amides is 1. The third kappa shape index (κ3) is 3.88. The molecule has 0 bridgehead atoms. The minimum absolute atomic E-state index is 0.131. The third-order valence-corrected chi connectivity index (χ3v) is 6.91. The molecule has 3 aromatic carbocycles. The van der Waals surface area contributed by atoms with Crippen molar-refractivity contribution in [1.29, 1.82) is 0 Å². The molecule has 1 aliphatic heterocycles. The Morgan fingerprint density at radius 3 is 2.26 bits per heavy atom. The van der Waals surface area contributed by atoms with Crippen molar-refractivity contribution in [1.82, 2.24) is 4.57 Å². The van der Waals surface area contributed by atoms with Crippen LogP contribution >= 0.6 is 11.3 Å². The number of halogens is 1. The quantitative estimate of drug-likeness (QED) is 0.476. The van der Waals surface area contributed by atoms with Gasteiger partial charge in [-0.2, -0.15) is 0 Å². The first-order valence-electron chi connectivity index (χ1n) is 11.1. The lowest BCUT2D eigenvalue weighted by molar-refractivity contribution is -0.112. The standard InChI is InChI=1S/C27H22FN3O2S/c1-3-16-5-10-19(11-6-16)29-27-31(20-12-7-17(4-2)8-13-20)26(33)24(34-27)23-21-15-18(28)9-14-22(21)30-25(23)32/h5-15,33H,3-4H2,1-2H3. The Hall–Kier alpha value is -3.84. The van der Waals surface area contributed by atoms with Gasteiger partial charge in [-0.1, -0.05) is 49.4 Å². The monoisotopic (exact) mass is 471 g/mol. The number of hydrogen-bond donors (Lipinski definition) is 1. The van der Waals surface area contributed by atoms with E-state index in [0.29, 0.717) is 25.9 Å². The molecule has 0 saturated carbocycles. The zero-order valence-electron chi connectivity index (χ0n) is 18.7. The van der Waals surface area contributed by atoms with Gasteiger partial charge in [-0.15, -0.1) is 0 Å². The van der Waals surface area contributed by atoms with Crippen molar-refractivity contribution in [2.75, 3.05) is 0 Å². The maximum atomic E-state index is 14.0. The van der Waals surface area contributed by atoms with Crippen LogP contribution in [0.4, 0.5) is 10.1 Å². The van der Waals surface area contributed by atoms with E-state index in [0.717, 1.165) is 24.1 Å². The van der Waals surface area contributed by atoms with Crippen molar-refractivity contribution in [2.45, 2.75) is 26.7 Å². The van der Waals surface area contributed by atoms with E-state index in [4.69, 9.17) is 4.99 Å². The van der Waals surface area contributed by atoms with Crippen LogP contribution in [0.5, 0.6) is 5.88 Å². The zero-order chi connectivity index (χ0) is 23.8. The van der Waals surface area contributed by atoms with Gasteiger partial charge in [0.2, 0.25) is 5.88 Å². The second-order valence-electron chi connectivity index (χ2n) is 7.98. The van der Waals surface area contributed by atoms with Crippen LogP contribution in [-0.2, 0) is 17.6 Å². The van der Waals surface area contributed by atoms with Crippen LogP contribution in [0.3, 0.4) is 0 Å². The lowest BCUT2D eigenvalue weighted by Gasteiger charge is -2.07. The van der Waals surface area contributed by atoms with Gasteiger partial charge in [0.05, 0.1) is 22.3 Å². The van der Waals surface area contributed by atoms with Crippen LogP contribution in [0.15, 0.2) is 76.7 Å². The van der Waals surface area contributed by atoms with Gasteiger partial charge >= 0.3 is 0 Å². The number of nitrogens with zero attached hydrogens (tertiary/aromatic N) is 3. The zero-order valence-corrected chi connectivity index (χ0v) is 19.6. The Morgan fingerprint density at radius 1 is 0.971 bits per heavy atom. The molecule has 0 unspecified atom stereocenters. The fourth-order valence-electron chi connectivity index (χ4n) is 3.95. The molecule has 5 nitrogen and oxygen atoms in total. The predicted octanol–water partition coefficient (Wildman–Crippen LogP) is 4.10. The SMILES string of the molecule is CCc1ccc(N=c2sc(C3=c4cc(F)ccc4=NC3=O)c(O)n2-c2ccc(CC)cc2)cc1. The van der Waals surface area contributed by atoms with Gasteiger partial charge in [0.15, 0.2) is 4.80 Å². The summed E-state index contributed by atoms with van der Waals surface area (Å²) in [6, 6.07) is 19.7. The number of carbonyl (C=O) groups is 1. The topological polar surface area (TPSA) is 66.9 Å². The number of carbonyl (C=O) groups excluding carboxylic acids is 1. The minimum atomic E-state index is -0.510. The van der Waals surface area contributed by atoms with Crippen LogP contribution in [0.2, 0.25) is 0 Å². The van der Waals surface area contributed by atoms with E-state index in [1.165, 1.54) is 35.1 Å². The number of aryl methyl sites for hydroxylation is 2. The van der Waals surface area contributed by atoms with Crippen molar-refractivity contribution < 1.29 is 14.3 Å². The van der Waals surface area contributed by atoms with Gasteiger partial charge in [-0.05, 0) is 66.4 Å². The molecular weight excluding hydrogens is 449 g/mol. The Morgan fingerprint density at radius 2 is 1.62 bits per heavy atom. The van der Waals surface area contributed by atoms with Gasteiger partial charge in [0.25, 0.3) is 5.91 Å².